The van der Waals surface area contributed by atoms with Crippen LogP contribution in [-0.2, 0) is 19.1 Å². The highest BCUT2D eigenvalue weighted by Crippen LogP contribution is 2.26. The summed E-state index contributed by atoms with van der Waals surface area (Å²) in [5.74, 6) is 0.616. The van der Waals surface area contributed by atoms with Crippen LogP contribution in [0.1, 0.15) is 73.2 Å². The van der Waals surface area contributed by atoms with E-state index in [0.29, 0.717) is 62.8 Å². The summed E-state index contributed by atoms with van der Waals surface area (Å²) < 4.78 is 22.4. The number of hydrogen-bond donors (Lipinski definition) is 1. The first kappa shape index (κ1) is 33.6. The van der Waals surface area contributed by atoms with Crippen molar-refractivity contribution in [3.8, 4) is 11.5 Å². The fraction of sp³-hybridized carbons (Fsp3) is 0.500. The third kappa shape index (κ3) is 11.8. The number of imide groups is 1. The smallest absolute Gasteiger partial charge is 0.229 e. The molecule has 1 N–H and O–H groups in total. The Morgan fingerprint density at radius 3 is 2.10 bits per heavy atom. The molecule has 0 aliphatic carbocycles. The topological polar surface area (TPSA) is 117 Å². The van der Waals surface area contributed by atoms with Crippen LogP contribution in [-0.4, -0.2) is 63.0 Å². The molecule has 0 aromatic heterocycles. The quantitative estimate of drug-likeness (QED) is 0.181. The van der Waals surface area contributed by atoms with E-state index in [1.807, 2.05) is 52.0 Å². The van der Waals surface area contributed by atoms with Crippen molar-refractivity contribution >= 4 is 23.4 Å². The third-order valence-electron chi connectivity index (χ3n) is 6.59. The Labute approximate surface area is 242 Å². The van der Waals surface area contributed by atoms with Crippen molar-refractivity contribution in [2.75, 3.05) is 39.6 Å². The minimum atomic E-state index is -0.186. The van der Waals surface area contributed by atoms with Gasteiger partial charge in [-0.05, 0) is 44.9 Å². The Morgan fingerprint density at radius 1 is 0.927 bits per heavy atom. The van der Waals surface area contributed by atoms with Crippen molar-refractivity contribution in [2.45, 2.75) is 53.9 Å². The summed E-state index contributed by atoms with van der Waals surface area (Å²) in [6, 6.07) is 13.0. The van der Waals surface area contributed by atoms with Crippen LogP contribution in [0.5, 0.6) is 11.5 Å². The molecule has 3 rings (SSSR count). The molecule has 224 valence electrons. The second kappa shape index (κ2) is 18.0. The molecule has 1 fully saturated rings. The van der Waals surface area contributed by atoms with Gasteiger partial charge in [0.2, 0.25) is 11.8 Å². The van der Waals surface area contributed by atoms with E-state index in [4.69, 9.17) is 18.9 Å². The number of hydrogen-bond acceptors (Lipinski definition) is 8. The molecule has 1 aliphatic rings. The lowest BCUT2D eigenvalue weighted by atomic mass is 9.92. The number of Topliss-reactive ketones (excluding diaryl/α,β-unsaturated/α-hetero) is 2. The number of nitrogens with one attached hydrogen (secondary N) is 1. The maximum absolute atomic E-state index is 12.6. The van der Waals surface area contributed by atoms with Crippen molar-refractivity contribution in [3.05, 3.63) is 59.2 Å². The summed E-state index contributed by atoms with van der Waals surface area (Å²) in [6.07, 6.45) is 1.91. The summed E-state index contributed by atoms with van der Waals surface area (Å²) in [5.41, 5.74) is 1.96. The molecule has 1 saturated heterocycles. The molecule has 0 bridgehead atoms. The van der Waals surface area contributed by atoms with Crippen LogP contribution in [0.25, 0.3) is 0 Å². The molecule has 2 unspecified atom stereocenters. The molecule has 2 amide bonds. The van der Waals surface area contributed by atoms with E-state index in [9.17, 15) is 19.2 Å². The van der Waals surface area contributed by atoms with Gasteiger partial charge in [-0.25, -0.2) is 0 Å². The number of piperidine rings is 1. The lowest BCUT2D eigenvalue weighted by molar-refractivity contribution is -0.135. The molecule has 2 aromatic carbocycles. The molecule has 9 nitrogen and oxygen atoms in total. The molecule has 41 heavy (non-hydrogen) atoms. The lowest BCUT2D eigenvalue weighted by Gasteiger charge is -2.15. The Balaban J connectivity index is 0.000000553. The zero-order chi connectivity index (χ0) is 30.2. The van der Waals surface area contributed by atoms with E-state index >= 15 is 0 Å². The summed E-state index contributed by atoms with van der Waals surface area (Å²) in [6.45, 7) is 11.6. The minimum absolute atomic E-state index is 0.0164. The lowest BCUT2D eigenvalue weighted by Crippen LogP contribution is -2.39. The van der Waals surface area contributed by atoms with Crippen LogP contribution < -0.4 is 14.8 Å². The normalized spacial score (nSPS) is 15.3. The molecule has 0 radical (unpaired) electrons. The van der Waals surface area contributed by atoms with Gasteiger partial charge in [0, 0.05) is 23.8 Å². The summed E-state index contributed by atoms with van der Waals surface area (Å²) in [5, 5.41) is 2.25. The van der Waals surface area contributed by atoms with E-state index in [0.717, 1.165) is 12.2 Å². The average Bonchev–Trinajstić information content (AvgIpc) is 2.96. The monoisotopic (exact) mass is 569 g/mol. The van der Waals surface area contributed by atoms with Crippen LogP contribution in [0.4, 0.5) is 0 Å². The molecule has 0 saturated carbocycles. The fourth-order valence-corrected chi connectivity index (χ4v) is 3.86. The Kier molecular flexibility index (Phi) is 14.8. The second-order valence-electron chi connectivity index (χ2n) is 10.00. The highest BCUT2D eigenvalue weighted by atomic mass is 16.6. The number of rotatable bonds is 15. The standard InChI is InChI=1S/C26H34O6.C6H9NO2/c1-5-20(3)26(28)23-7-6-8-24(25(23)21(4)27)32-18-16-30-14-13-29-15-17-31-22-11-9-19(2)10-12-22;1-4-2-3-5(8)7-6(4)9/h6-12,20H,5,13-18H2,1-4H3;4H,2-3H2,1H3,(H,7,8,9). The number of benzene rings is 2. The molecule has 9 heteroatoms. The molecular formula is C32H43NO8. The van der Waals surface area contributed by atoms with Gasteiger partial charge in [0.25, 0.3) is 0 Å². The predicted octanol–water partition coefficient (Wildman–Crippen LogP) is 4.98. The first-order valence-corrected chi connectivity index (χ1v) is 14.1. The number of ether oxygens (including phenoxy) is 4. The highest BCUT2D eigenvalue weighted by Gasteiger charge is 2.23. The molecule has 2 atom stereocenters. The van der Waals surface area contributed by atoms with Gasteiger partial charge in [-0.15, -0.1) is 0 Å². The summed E-state index contributed by atoms with van der Waals surface area (Å²) in [7, 11) is 0. The molecule has 1 heterocycles. The Morgan fingerprint density at radius 2 is 1.54 bits per heavy atom. The molecule has 1 aliphatic heterocycles. The summed E-state index contributed by atoms with van der Waals surface area (Å²) >= 11 is 0. The van der Waals surface area contributed by atoms with E-state index in [-0.39, 0.29) is 41.8 Å². The second-order valence-corrected chi connectivity index (χ2v) is 10.00. The van der Waals surface area contributed by atoms with Gasteiger partial charge in [-0.3, -0.25) is 24.5 Å². The number of amides is 2. The van der Waals surface area contributed by atoms with Crippen molar-refractivity contribution in [1.29, 1.82) is 0 Å². The van der Waals surface area contributed by atoms with Crippen molar-refractivity contribution in [1.82, 2.24) is 5.32 Å². The first-order valence-electron chi connectivity index (χ1n) is 14.1. The van der Waals surface area contributed by atoms with E-state index < -0.39 is 0 Å². The minimum Gasteiger partial charge on any atom is -0.491 e. The zero-order valence-electron chi connectivity index (χ0n) is 24.8. The average molecular weight is 570 g/mol. The fourth-order valence-electron chi connectivity index (χ4n) is 3.86. The van der Waals surface area contributed by atoms with Gasteiger partial charge in [0.1, 0.15) is 24.7 Å². The van der Waals surface area contributed by atoms with Gasteiger partial charge in [-0.2, -0.15) is 0 Å². The van der Waals surface area contributed by atoms with Crippen molar-refractivity contribution in [3.63, 3.8) is 0 Å². The Bertz CT molecular complexity index is 1140. The van der Waals surface area contributed by atoms with Gasteiger partial charge in [0.05, 0.1) is 32.0 Å². The number of ketones is 2. The maximum Gasteiger partial charge on any atom is 0.229 e. The van der Waals surface area contributed by atoms with E-state index in [1.54, 1.807) is 18.2 Å². The molecule has 0 spiro atoms. The van der Waals surface area contributed by atoms with Gasteiger partial charge >= 0.3 is 0 Å². The van der Waals surface area contributed by atoms with Crippen LogP contribution in [0.3, 0.4) is 0 Å². The molecular weight excluding hydrogens is 526 g/mol. The largest absolute Gasteiger partial charge is 0.491 e. The van der Waals surface area contributed by atoms with Gasteiger partial charge < -0.3 is 18.9 Å². The van der Waals surface area contributed by atoms with Crippen LogP contribution >= 0.6 is 0 Å². The SMILES string of the molecule is CC1CCC(=O)NC1=O.CCC(C)C(=O)c1cccc(OCCOCCOCCOc2ccc(C)cc2)c1C(C)=O. The van der Waals surface area contributed by atoms with Crippen LogP contribution in [0, 0.1) is 18.8 Å². The Hall–Kier alpha value is -3.56. The number of carbonyl (C=O) groups is 4. The number of carbonyl (C=O) groups excluding carboxylic acids is 4. The summed E-state index contributed by atoms with van der Waals surface area (Å²) in [4.78, 5) is 46.0. The van der Waals surface area contributed by atoms with Crippen molar-refractivity contribution < 1.29 is 38.1 Å². The number of aryl methyl sites for hydroxylation is 1. The highest BCUT2D eigenvalue weighted by molar-refractivity contribution is 6.10. The van der Waals surface area contributed by atoms with Crippen LogP contribution in [0.15, 0.2) is 42.5 Å². The van der Waals surface area contributed by atoms with E-state index in [2.05, 4.69) is 5.32 Å². The maximum atomic E-state index is 12.6. The van der Waals surface area contributed by atoms with Crippen LogP contribution in [0.2, 0.25) is 0 Å². The molecule has 2 aromatic rings. The van der Waals surface area contributed by atoms with Gasteiger partial charge in [0.15, 0.2) is 11.6 Å². The zero-order valence-corrected chi connectivity index (χ0v) is 24.8. The van der Waals surface area contributed by atoms with Crippen molar-refractivity contribution in [2.24, 2.45) is 11.8 Å². The van der Waals surface area contributed by atoms with E-state index in [1.165, 1.54) is 12.5 Å². The predicted molar refractivity (Wildman–Crippen MR) is 156 cm³/mol. The third-order valence-corrected chi connectivity index (χ3v) is 6.59. The van der Waals surface area contributed by atoms with Gasteiger partial charge in [-0.1, -0.05) is 50.6 Å². The first-order chi connectivity index (χ1) is 19.6.